The molecular weight excluding hydrogens is 300 g/mol. The molecule has 124 valence electrons. The van der Waals surface area contributed by atoms with Crippen molar-refractivity contribution in [2.24, 2.45) is 0 Å². The first kappa shape index (κ1) is 18.6. The highest BCUT2D eigenvalue weighted by atomic mass is 32.1. The van der Waals surface area contributed by atoms with Gasteiger partial charge in [0.1, 0.15) is 0 Å². The molecule has 6 nitrogen and oxygen atoms in total. The second kappa shape index (κ2) is 7.19. The number of amides is 2. The van der Waals surface area contributed by atoms with Crippen LogP contribution >= 0.6 is 11.3 Å². The van der Waals surface area contributed by atoms with E-state index in [4.69, 9.17) is 0 Å². The summed E-state index contributed by atoms with van der Waals surface area (Å²) in [6.07, 6.45) is 0. The predicted octanol–water partition coefficient (Wildman–Crippen LogP) is 1.93. The van der Waals surface area contributed by atoms with Gasteiger partial charge in [0.15, 0.2) is 5.13 Å². The number of aromatic nitrogens is 1. The lowest BCUT2D eigenvalue weighted by molar-refractivity contribution is -0.125. The summed E-state index contributed by atoms with van der Waals surface area (Å²) >= 11 is 1.45. The molecule has 0 spiro atoms. The molecule has 0 fully saturated rings. The maximum absolute atomic E-state index is 12.2. The Morgan fingerprint density at radius 2 is 1.91 bits per heavy atom. The maximum Gasteiger partial charge on any atom is 0.243 e. The van der Waals surface area contributed by atoms with Crippen LogP contribution < -0.4 is 10.6 Å². The fourth-order valence-electron chi connectivity index (χ4n) is 1.76. The van der Waals surface area contributed by atoms with Crippen LogP contribution in [0, 0.1) is 13.8 Å². The Morgan fingerprint density at radius 3 is 2.36 bits per heavy atom. The number of rotatable bonds is 5. The molecule has 0 saturated heterocycles. The average Bonchev–Trinajstić information content (AvgIpc) is 2.64. The van der Waals surface area contributed by atoms with Crippen molar-refractivity contribution in [3.63, 3.8) is 0 Å². The van der Waals surface area contributed by atoms with Crippen LogP contribution in [0.2, 0.25) is 0 Å². The van der Waals surface area contributed by atoms with E-state index in [-0.39, 0.29) is 23.9 Å². The van der Waals surface area contributed by atoms with Gasteiger partial charge in [-0.3, -0.25) is 14.5 Å². The summed E-state index contributed by atoms with van der Waals surface area (Å²) in [4.78, 5) is 31.2. The van der Waals surface area contributed by atoms with Gasteiger partial charge in [0.05, 0.1) is 18.3 Å². The largest absolute Gasteiger partial charge is 0.350 e. The smallest absolute Gasteiger partial charge is 0.243 e. The Balaban J connectivity index is 2.56. The van der Waals surface area contributed by atoms with E-state index in [9.17, 15) is 9.59 Å². The molecule has 0 aromatic carbocycles. The number of nitrogens with zero attached hydrogens (tertiary/aromatic N) is 2. The molecular formula is C15H26N4O2S. The lowest BCUT2D eigenvalue weighted by Crippen LogP contribution is -2.49. The molecule has 2 N–H and O–H groups in total. The fraction of sp³-hybridized carbons (Fsp3) is 0.667. The number of thiazole rings is 1. The summed E-state index contributed by atoms with van der Waals surface area (Å²) in [7, 11) is 1.75. The van der Waals surface area contributed by atoms with Crippen LogP contribution in [0.3, 0.4) is 0 Å². The molecule has 1 unspecified atom stereocenters. The molecule has 0 aliphatic carbocycles. The number of carbonyl (C=O) groups is 2. The van der Waals surface area contributed by atoms with Crippen LogP contribution in [0.1, 0.15) is 38.3 Å². The number of hydrogen-bond donors (Lipinski definition) is 2. The number of likely N-dealkylation sites (N-methyl/N-ethyl adjacent to an activating group) is 1. The van der Waals surface area contributed by atoms with Crippen molar-refractivity contribution >= 4 is 28.3 Å². The minimum atomic E-state index is -0.421. The molecule has 7 heteroatoms. The zero-order valence-corrected chi connectivity index (χ0v) is 15.2. The highest BCUT2D eigenvalue weighted by Crippen LogP contribution is 2.21. The van der Waals surface area contributed by atoms with Crippen molar-refractivity contribution < 1.29 is 9.59 Å². The van der Waals surface area contributed by atoms with Crippen molar-refractivity contribution in [1.82, 2.24) is 15.2 Å². The highest BCUT2D eigenvalue weighted by Gasteiger charge is 2.22. The van der Waals surface area contributed by atoms with Crippen molar-refractivity contribution in [3.05, 3.63) is 10.6 Å². The van der Waals surface area contributed by atoms with Crippen LogP contribution in [0.25, 0.3) is 0 Å². The molecule has 0 bridgehead atoms. The monoisotopic (exact) mass is 326 g/mol. The van der Waals surface area contributed by atoms with Gasteiger partial charge in [0.25, 0.3) is 0 Å². The summed E-state index contributed by atoms with van der Waals surface area (Å²) in [5.41, 5.74) is 0.644. The Kier molecular flexibility index (Phi) is 6.08. The third-order valence-corrected chi connectivity index (χ3v) is 4.19. The van der Waals surface area contributed by atoms with Gasteiger partial charge in [-0.2, -0.15) is 0 Å². The van der Waals surface area contributed by atoms with E-state index < -0.39 is 6.04 Å². The molecule has 1 aromatic heterocycles. The van der Waals surface area contributed by atoms with E-state index in [1.165, 1.54) is 11.3 Å². The first-order valence-corrected chi connectivity index (χ1v) is 8.07. The summed E-state index contributed by atoms with van der Waals surface area (Å²) in [5, 5.41) is 6.28. The minimum Gasteiger partial charge on any atom is -0.350 e. The molecule has 1 atom stereocenters. The topological polar surface area (TPSA) is 74.3 Å². The molecule has 0 aliphatic heterocycles. The average molecular weight is 326 g/mol. The van der Waals surface area contributed by atoms with Crippen LogP contribution in [0.5, 0.6) is 0 Å². The van der Waals surface area contributed by atoms with E-state index in [1.54, 1.807) is 18.9 Å². The first-order chi connectivity index (χ1) is 9.99. The lowest BCUT2D eigenvalue weighted by Gasteiger charge is -2.26. The van der Waals surface area contributed by atoms with Crippen LogP contribution in [-0.2, 0) is 9.59 Å². The van der Waals surface area contributed by atoms with Crippen LogP contribution in [0.4, 0.5) is 5.13 Å². The number of hydrogen-bond acceptors (Lipinski definition) is 5. The van der Waals surface area contributed by atoms with Crippen LogP contribution in [-0.4, -0.2) is 46.9 Å². The van der Waals surface area contributed by atoms with Gasteiger partial charge < -0.3 is 10.6 Å². The Morgan fingerprint density at radius 1 is 1.32 bits per heavy atom. The predicted molar refractivity (Wildman–Crippen MR) is 90.2 cm³/mol. The molecule has 1 rings (SSSR count). The SMILES string of the molecule is Cc1nc(NC(=O)C(C)N(C)CC(=O)NC(C)(C)C)sc1C. The standard InChI is InChI=1S/C15H26N4O2S/c1-9-11(3)22-14(16-9)17-13(21)10(2)19(7)8-12(20)18-15(4,5)6/h10H,8H2,1-7H3,(H,18,20)(H,16,17,21). The number of aryl methyl sites for hydroxylation is 2. The van der Waals surface area contributed by atoms with Crippen molar-refractivity contribution in [3.8, 4) is 0 Å². The number of anilines is 1. The molecule has 0 aliphatic rings. The number of carbonyl (C=O) groups excluding carboxylic acids is 2. The summed E-state index contributed by atoms with van der Waals surface area (Å²) in [6.45, 7) is 11.6. The fourth-order valence-corrected chi connectivity index (χ4v) is 2.58. The number of nitrogens with one attached hydrogen (secondary N) is 2. The summed E-state index contributed by atoms with van der Waals surface area (Å²) in [5.74, 6) is -0.268. The minimum absolute atomic E-state index is 0.101. The molecule has 1 aromatic rings. The van der Waals surface area contributed by atoms with E-state index in [0.29, 0.717) is 5.13 Å². The Labute approximate surface area is 136 Å². The van der Waals surface area contributed by atoms with E-state index in [0.717, 1.165) is 10.6 Å². The van der Waals surface area contributed by atoms with Crippen molar-refractivity contribution in [1.29, 1.82) is 0 Å². The van der Waals surface area contributed by atoms with E-state index >= 15 is 0 Å². The second-order valence-electron chi connectivity index (χ2n) is 6.54. The molecule has 0 radical (unpaired) electrons. The van der Waals surface area contributed by atoms with Gasteiger partial charge >= 0.3 is 0 Å². The third kappa shape index (κ3) is 5.73. The normalized spacial score (nSPS) is 13.1. The van der Waals surface area contributed by atoms with Crippen molar-refractivity contribution in [2.75, 3.05) is 18.9 Å². The molecule has 2 amide bonds. The van der Waals surface area contributed by atoms with Gasteiger partial charge in [-0.05, 0) is 48.6 Å². The first-order valence-electron chi connectivity index (χ1n) is 7.25. The van der Waals surface area contributed by atoms with Gasteiger partial charge in [-0.25, -0.2) is 4.98 Å². The Hall–Kier alpha value is -1.47. The zero-order valence-electron chi connectivity index (χ0n) is 14.4. The molecule has 1 heterocycles. The zero-order chi connectivity index (χ0) is 17.1. The quantitative estimate of drug-likeness (QED) is 0.867. The van der Waals surface area contributed by atoms with Crippen LogP contribution in [0.15, 0.2) is 0 Å². The summed E-state index contributed by atoms with van der Waals surface area (Å²) in [6, 6.07) is -0.421. The maximum atomic E-state index is 12.2. The van der Waals surface area contributed by atoms with Gasteiger partial charge in [-0.15, -0.1) is 11.3 Å². The van der Waals surface area contributed by atoms with Crippen molar-refractivity contribution in [2.45, 2.75) is 53.1 Å². The highest BCUT2D eigenvalue weighted by molar-refractivity contribution is 7.15. The molecule has 0 saturated carbocycles. The van der Waals surface area contributed by atoms with Gasteiger partial charge in [0.2, 0.25) is 11.8 Å². The summed E-state index contributed by atoms with van der Waals surface area (Å²) < 4.78 is 0. The second-order valence-corrected chi connectivity index (χ2v) is 7.74. The van der Waals surface area contributed by atoms with Gasteiger partial charge in [0, 0.05) is 10.4 Å². The Bertz CT molecular complexity index is 529. The van der Waals surface area contributed by atoms with E-state index in [2.05, 4.69) is 15.6 Å². The third-order valence-electron chi connectivity index (χ3n) is 3.21. The van der Waals surface area contributed by atoms with Gasteiger partial charge in [-0.1, -0.05) is 0 Å². The molecule has 22 heavy (non-hydrogen) atoms. The van der Waals surface area contributed by atoms with E-state index in [1.807, 2.05) is 34.6 Å². The lowest BCUT2D eigenvalue weighted by atomic mass is 10.1.